The molecule has 0 saturated carbocycles. The Morgan fingerprint density at radius 2 is 1.72 bits per heavy atom. The fourth-order valence-electron chi connectivity index (χ4n) is 4.45. The molecular formula is C23H20N4O2. The van der Waals surface area contributed by atoms with Gasteiger partial charge in [-0.1, -0.05) is 35.5 Å². The molecule has 0 aliphatic carbocycles. The lowest BCUT2D eigenvalue weighted by Crippen LogP contribution is -2.21. The normalized spacial score (nSPS) is 15.6. The van der Waals surface area contributed by atoms with Gasteiger partial charge in [0.1, 0.15) is 11.3 Å². The predicted octanol–water partition coefficient (Wildman–Crippen LogP) is 4.67. The van der Waals surface area contributed by atoms with Crippen molar-refractivity contribution in [2.45, 2.75) is 25.3 Å². The van der Waals surface area contributed by atoms with Crippen molar-refractivity contribution >= 4 is 32.9 Å². The van der Waals surface area contributed by atoms with Gasteiger partial charge in [0, 0.05) is 30.0 Å². The maximum atomic E-state index is 5.63. The highest BCUT2D eigenvalue weighted by Crippen LogP contribution is 2.33. The van der Waals surface area contributed by atoms with Gasteiger partial charge >= 0.3 is 0 Å². The summed E-state index contributed by atoms with van der Waals surface area (Å²) in [6.07, 6.45) is 4.47. The lowest BCUT2D eigenvalue weighted by molar-refractivity contribution is 0.0700. The number of ether oxygens (including phenoxy) is 1. The Labute approximate surface area is 167 Å². The second-order valence-electron chi connectivity index (χ2n) is 7.55. The van der Waals surface area contributed by atoms with Gasteiger partial charge < -0.3 is 13.8 Å². The molecule has 1 aliphatic rings. The van der Waals surface area contributed by atoms with E-state index in [1.54, 1.807) is 0 Å². The van der Waals surface area contributed by atoms with Crippen LogP contribution in [0.5, 0.6) is 0 Å². The van der Waals surface area contributed by atoms with Crippen LogP contribution in [0.4, 0.5) is 0 Å². The van der Waals surface area contributed by atoms with E-state index in [0.717, 1.165) is 70.5 Å². The summed E-state index contributed by atoms with van der Waals surface area (Å²) < 4.78 is 13.6. The molecule has 1 aliphatic heterocycles. The van der Waals surface area contributed by atoms with Gasteiger partial charge in [-0.25, -0.2) is 4.98 Å². The average Bonchev–Trinajstić information content (AvgIpc) is 3.36. The Bertz CT molecular complexity index is 1330. The Morgan fingerprint density at radius 3 is 2.62 bits per heavy atom. The SMILES string of the molecule is c1ccc2c(c1)ncc1nc(Cc3noc4ccccc34)n(C3CCOCC3)c12. The first-order valence-electron chi connectivity index (χ1n) is 10.0. The van der Waals surface area contributed by atoms with Crippen LogP contribution in [0, 0.1) is 0 Å². The number of rotatable bonds is 3. The summed E-state index contributed by atoms with van der Waals surface area (Å²) in [5.74, 6) is 1.00. The average molecular weight is 384 g/mol. The van der Waals surface area contributed by atoms with Crippen LogP contribution in [0.25, 0.3) is 32.9 Å². The van der Waals surface area contributed by atoms with Crippen molar-refractivity contribution in [3.05, 3.63) is 66.2 Å². The molecule has 0 N–H and O–H groups in total. The molecule has 3 aromatic heterocycles. The highest BCUT2D eigenvalue weighted by atomic mass is 16.5. The smallest absolute Gasteiger partial charge is 0.167 e. The quantitative estimate of drug-likeness (QED) is 0.452. The summed E-state index contributed by atoms with van der Waals surface area (Å²) in [4.78, 5) is 9.62. The van der Waals surface area contributed by atoms with E-state index in [1.807, 2.05) is 30.5 Å². The van der Waals surface area contributed by atoms with E-state index in [4.69, 9.17) is 14.2 Å². The number of benzene rings is 2. The van der Waals surface area contributed by atoms with Gasteiger partial charge in [-0.05, 0) is 31.0 Å². The molecule has 29 heavy (non-hydrogen) atoms. The molecule has 1 saturated heterocycles. The topological polar surface area (TPSA) is 66.0 Å². The van der Waals surface area contributed by atoms with Crippen LogP contribution in [0.1, 0.15) is 30.4 Å². The van der Waals surface area contributed by atoms with Gasteiger partial charge in [0.25, 0.3) is 0 Å². The Hall–Kier alpha value is -3.25. The molecular weight excluding hydrogens is 364 g/mol. The molecule has 0 spiro atoms. The highest BCUT2D eigenvalue weighted by Gasteiger charge is 2.24. The molecule has 6 rings (SSSR count). The maximum absolute atomic E-state index is 5.63. The van der Waals surface area contributed by atoms with Crippen molar-refractivity contribution in [1.82, 2.24) is 19.7 Å². The summed E-state index contributed by atoms with van der Waals surface area (Å²) >= 11 is 0. The maximum Gasteiger partial charge on any atom is 0.167 e. The van der Waals surface area contributed by atoms with Crippen molar-refractivity contribution < 1.29 is 9.26 Å². The number of imidazole rings is 1. The zero-order valence-corrected chi connectivity index (χ0v) is 15.9. The van der Waals surface area contributed by atoms with Crippen LogP contribution in [-0.4, -0.2) is 32.9 Å². The third-order valence-corrected chi connectivity index (χ3v) is 5.83. The molecule has 144 valence electrons. The number of nitrogens with zero attached hydrogens (tertiary/aromatic N) is 4. The van der Waals surface area contributed by atoms with Gasteiger partial charge in [0.2, 0.25) is 0 Å². The zero-order chi connectivity index (χ0) is 19.2. The summed E-state index contributed by atoms with van der Waals surface area (Å²) in [5.41, 5.74) is 4.81. The summed E-state index contributed by atoms with van der Waals surface area (Å²) in [6, 6.07) is 16.6. The van der Waals surface area contributed by atoms with Gasteiger partial charge in [-0.15, -0.1) is 0 Å². The molecule has 0 radical (unpaired) electrons. The van der Waals surface area contributed by atoms with E-state index in [-0.39, 0.29) is 0 Å². The van der Waals surface area contributed by atoms with E-state index >= 15 is 0 Å². The number of aromatic nitrogens is 4. The third kappa shape index (κ3) is 2.71. The van der Waals surface area contributed by atoms with Crippen LogP contribution in [-0.2, 0) is 11.2 Å². The molecule has 0 unspecified atom stereocenters. The van der Waals surface area contributed by atoms with Gasteiger partial charge in [-0.2, -0.15) is 0 Å². The molecule has 0 amide bonds. The van der Waals surface area contributed by atoms with E-state index < -0.39 is 0 Å². The van der Waals surface area contributed by atoms with Gasteiger partial charge in [0.05, 0.1) is 29.3 Å². The fraction of sp³-hybridized carbons (Fsp3) is 0.261. The van der Waals surface area contributed by atoms with Crippen LogP contribution in [0.3, 0.4) is 0 Å². The first kappa shape index (κ1) is 16.7. The first-order valence-corrected chi connectivity index (χ1v) is 10.0. The molecule has 1 fully saturated rings. The van der Waals surface area contributed by atoms with Crippen molar-refractivity contribution in [2.24, 2.45) is 0 Å². The lowest BCUT2D eigenvalue weighted by Gasteiger charge is -2.26. The van der Waals surface area contributed by atoms with E-state index in [0.29, 0.717) is 12.5 Å². The van der Waals surface area contributed by atoms with Crippen LogP contribution >= 0.6 is 0 Å². The number of fused-ring (bicyclic) bond motifs is 4. The lowest BCUT2D eigenvalue weighted by atomic mass is 10.1. The number of hydrogen-bond donors (Lipinski definition) is 0. The summed E-state index contributed by atoms with van der Waals surface area (Å²) in [6.45, 7) is 1.55. The summed E-state index contributed by atoms with van der Waals surface area (Å²) in [7, 11) is 0. The highest BCUT2D eigenvalue weighted by molar-refractivity contribution is 6.02. The van der Waals surface area contributed by atoms with E-state index in [1.165, 1.54) is 0 Å². The molecule has 2 aromatic carbocycles. The Kier molecular flexibility index (Phi) is 3.84. The largest absolute Gasteiger partial charge is 0.381 e. The molecule has 6 nitrogen and oxygen atoms in total. The molecule has 5 aromatic rings. The number of para-hydroxylation sites is 2. The van der Waals surface area contributed by atoms with Crippen LogP contribution < -0.4 is 0 Å². The molecule has 0 bridgehead atoms. The zero-order valence-electron chi connectivity index (χ0n) is 15.9. The monoisotopic (exact) mass is 384 g/mol. The minimum Gasteiger partial charge on any atom is -0.381 e. The minimum absolute atomic E-state index is 0.354. The number of pyridine rings is 1. The number of hydrogen-bond acceptors (Lipinski definition) is 5. The van der Waals surface area contributed by atoms with Crippen molar-refractivity contribution in [1.29, 1.82) is 0 Å². The van der Waals surface area contributed by atoms with Crippen LogP contribution in [0.15, 0.2) is 59.3 Å². The minimum atomic E-state index is 0.354. The Balaban J connectivity index is 1.57. The molecule has 4 heterocycles. The van der Waals surface area contributed by atoms with Crippen molar-refractivity contribution in [3.63, 3.8) is 0 Å². The predicted molar refractivity (Wildman–Crippen MR) is 111 cm³/mol. The van der Waals surface area contributed by atoms with E-state index in [9.17, 15) is 0 Å². The van der Waals surface area contributed by atoms with Crippen LogP contribution in [0.2, 0.25) is 0 Å². The standard InChI is InChI=1S/C23H20N4O2/c1-3-7-18-17(6-1)23-20(14-24-18)25-22(27(23)15-9-11-28-12-10-15)13-19-16-5-2-4-8-21(16)29-26-19/h1-8,14-15H,9-13H2. The molecule has 0 atom stereocenters. The Morgan fingerprint density at radius 1 is 0.931 bits per heavy atom. The van der Waals surface area contributed by atoms with Gasteiger partial charge in [-0.3, -0.25) is 4.98 Å². The second kappa shape index (κ2) is 6.67. The van der Waals surface area contributed by atoms with Gasteiger partial charge in [0.15, 0.2) is 5.58 Å². The molecule has 6 heteroatoms. The van der Waals surface area contributed by atoms with Crippen molar-refractivity contribution in [3.8, 4) is 0 Å². The van der Waals surface area contributed by atoms with E-state index in [2.05, 4.69) is 39.0 Å². The first-order chi connectivity index (χ1) is 14.4. The van der Waals surface area contributed by atoms with Crippen molar-refractivity contribution in [2.75, 3.05) is 13.2 Å². The second-order valence-corrected chi connectivity index (χ2v) is 7.55. The fourth-order valence-corrected chi connectivity index (χ4v) is 4.45. The third-order valence-electron chi connectivity index (χ3n) is 5.83. The summed E-state index contributed by atoms with van der Waals surface area (Å²) in [5, 5.41) is 6.52.